The van der Waals surface area contributed by atoms with Crippen LogP contribution in [0, 0.1) is 13.8 Å². The third kappa shape index (κ3) is 3.31. The smallest absolute Gasteiger partial charge is 0.338 e. The van der Waals surface area contributed by atoms with Gasteiger partial charge in [-0.25, -0.2) is 4.79 Å². The number of nitrogen functional groups attached to an aromatic ring is 1. The van der Waals surface area contributed by atoms with Crippen molar-refractivity contribution in [3.63, 3.8) is 0 Å². The summed E-state index contributed by atoms with van der Waals surface area (Å²) >= 11 is 0. The van der Waals surface area contributed by atoms with E-state index in [9.17, 15) is 4.79 Å². The Morgan fingerprint density at radius 1 is 1.20 bits per heavy atom. The van der Waals surface area contributed by atoms with Crippen LogP contribution in [0.1, 0.15) is 47.2 Å². The van der Waals surface area contributed by atoms with Gasteiger partial charge in [0.05, 0.1) is 11.7 Å². The molecule has 2 rings (SSSR count). The minimum Gasteiger partial charge on any atom is -0.459 e. The number of ether oxygens (including phenoxy) is 2. The number of hydrogen-bond donors (Lipinski definition) is 1. The molecule has 1 aliphatic carbocycles. The second-order valence-electron chi connectivity index (χ2n) is 5.58. The maximum atomic E-state index is 12.3. The molecule has 110 valence electrons. The number of carbonyl (C=O) groups is 1. The van der Waals surface area contributed by atoms with Crippen LogP contribution >= 0.6 is 0 Å². The van der Waals surface area contributed by atoms with E-state index >= 15 is 0 Å². The normalized spacial score (nSPS) is 22.6. The third-order valence-corrected chi connectivity index (χ3v) is 4.02. The number of nitrogens with two attached hydrogens (primary N) is 1. The van der Waals surface area contributed by atoms with Crippen molar-refractivity contribution in [2.75, 3.05) is 12.8 Å². The van der Waals surface area contributed by atoms with Crippen molar-refractivity contribution < 1.29 is 14.3 Å². The Kier molecular flexibility index (Phi) is 4.65. The zero-order chi connectivity index (χ0) is 14.7. The van der Waals surface area contributed by atoms with Crippen LogP contribution in [-0.4, -0.2) is 25.3 Å². The summed E-state index contributed by atoms with van der Waals surface area (Å²) in [7, 11) is 1.71. The number of benzene rings is 1. The number of hydrogen-bond acceptors (Lipinski definition) is 4. The van der Waals surface area contributed by atoms with Crippen LogP contribution in [-0.2, 0) is 9.47 Å². The Balaban J connectivity index is 2.06. The molecule has 20 heavy (non-hydrogen) atoms. The summed E-state index contributed by atoms with van der Waals surface area (Å²) in [5.41, 5.74) is 8.95. The highest BCUT2D eigenvalue weighted by Gasteiger charge is 2.25. The molecule has 1 saturated carbocycles. The zero-order valence-corrected chi connectivity index (χ0v) is 12.4. The van der Waals surface area contributed by atoms with Gasteiger partial charge >= 0.3 is 5.97 Å². The van der Waals surface area contributed by atoms with Gasteiger partial charge in [-0.05, 0) is 50.3 Å². The molecule has 0 heterocycles. The van der Waals surface area contributed by atoms with Crippen molar-refractivity contribution >= 4 is 11.7 Å². The van der Waals surface area contributed by atoms with Gasteiger partial charge in [0.25, 0.3) is 0 Å². The van der Waals surface area contributed by atoms with Crippen molar-refractivity contribution in [1.82, 2.24) is 0 Å². The first-order valence-electron chi connectivity index (χ1n) is 7.11. The lowest BCUT2D eigenvalue weighted by atomic mass is 9.94. The number of anilines is 1. The summed E-state index contributed by atoms with van der Waals surface area (Å²) in [6.07, 6.45) is 3.91. The minimum atomic E-state index is -0.282. The predicted molar refractivity (Wildman–Crippen MR) is 78.8 cm³/mol. The molecular weight excluding hydrogens is 254 g/mol. The van der Waals surface area contributed by atoms with Crippen LogP contribution in [0.2, 0.25) is 0 Å². The van der Waals surface area contributed by atoms with E-state index in [4.69, 9.17) is 15.2 Å². The molecule has 2 N–H and O–H groups in total. The molecule has 0 aromatic heterocycles. The third-order valence-electron chi connectivity index (χ3n) is 4.02. The predicted octanol–water partition coefficient (Wildman–Crippen LogP) is 3.00. The molecule has 2 unspecified atom stereocenters. The Morgan fingerprint density at radius 3 is 2.60 bits per heavy atom. The topological polar surface area (TPSA) is 61.5 Å². The summed E-state index contributed by atoms with van der Waals surface area (Å²) < 4.78 is 11.0. The maximum Gasteiger partial charge on any atom is 0.338 e. The quantitative estimate of drug-likeness (QED) is 0.681. The first kappa shape index (κ1) is 14.9. The Labute approximate surface area is 120 Å². The molecular formula is C16H23NO3. The highest BCUT2D eigenvalue weighted by molar-refractivity contribution is 5.92. The fourth-order valence-corrected chi connectivity index (χ4v) is 2.73. The number of methoxy groups -OCH3 is 1. The Hall–Kier alpha value is -1.55. The van der Waals surface area contributed by atoms with E-state index in [-0.39, 0.29) is 18.2 Å². The number of carbonyl (C=O) groups excluding carboxylic acids is 1. The van der Waals surface area contributed by atoms with Crippen LogP contribution in [0.4, 0.5) is 5.69 Å². The molecule has 0 spiro atoms. The summed E-state index contributed by atoms with van der Waals surface area (Å²) in [6, 6.07) is 3.63. The number of aryl methyl sites for hydroxylation is 2. The van der Waals surface area contributed by atoms with Gasteiger partial charge in [-0.1, -0.05) is 6.07 Å². The van der Waals surface area contributed by atoms with Crippen LogP contribution in [0.5, 0.6) is 0 Å². The highest BCUT2D eigenvalue weighted by atomic mass is 16.5. The summed E-state index contributed by atoms with van der Waals surface area (Å²) in [6.45, 7) is 3.84. The van der Waals surface area contributed by atoms with Crippen molar-refractivity contribution in [2.45, 2.75) is 51.7 Å². The lowest BCUT2D eigenvalue weighted by Gasteiger charge is -2.28. The van der Waals surface area contributed by atoms with Gasteiger partial charge < -0.3 is 15.2 Å². The molecule has 4 nitrogen and oxygen atoms in total. The van der Waals surface area contributed by atoms with Crippen LogP contribution < -0.4 is 5.73 Å². The lowest BCUT2D eigenvalue weighted by Crippen LogP contribution is -2.29. The first-order chi connectivity index (χ1) is 9.51. The van der Waals surface area contributed by atoms with Gasteiger partial charge in [0.1, 0.15) is 6.10 Å². The fourth-order valence-electron chi connectivity index (χ4n) is 2.73. The van der Waals surface area contributed by atoms with Crippen molar-refractivity contribution in [3.8, 4) is 0 Å². The molecule has 1 aromatic rings. The highest BCUT2D eigenvalue weighted by Crippen LogP contribution is 2.25. The molecule has 1 aromatic carbocycles. The van der Waals surface area contributed by atoms with Crippen molar-refractivity contribution in [2.24, 2.45) is 0 Å². The lowest BCUT2D eigenvalue weighted by molar-refractivity contribution is -0.0149. The maximum absolute atomic E-state index is 12.3. The van der Waals surface area contributed by atoms with Gasteiger partial charge in [-0.3, -0.25) is 0 Å². The van der Waals surface area contributed by atoms with Crippen LogP contribution in [0.15, 0.2) is 12.1 Å². The standard InChI is InChI=1S/C16H23NO3/c1-10-7-11(2)15(17)9-14(10)16(18)20-13-6-4-5-12(8-13)19-3/h7,9,12-13H,4-6,8,17H2,1-3H3. The average molecular weight is 277 g/mol. The Morgan fingerprint density at radius 2 is 1.90 bits per heavy atom. The second kappa shape index (κ2) is 6.27. The molecule has 0 saturated heterocycles. The SMILES string of the molecule is COC1CCCC(OC(=O)c2cc(N)c(C)cc2C)C1. The van der Waals surface area contributed by atoms with E-state index in [1.54, 1.807) is 13.2 Å². The summed E-state index contributed by atoms with van der Waals surface area (Å²) in [5.74, 6) is -0.282. The van der Waals surface area contributed by atoms with E-state index in [1.165, 1.54) is 0 Å². The zero-order valence-electron chi connectivity index (χ0n) is 12.4. The summed E-state index contributed by atoms with van der Waals surface area (Å²) in [5, 5.41) is 0. The molecule has 4 heteroatoms. The van der Waals surface area contributed by atoms with Crippen molar-refractivity contribution in [3.05, 3.63) is 28.8 Å². The Bertz CT molecular complexity index is 499. The van der Waals surface area contributed by atoms with E-state index in [0.717, 1.165) is 36.8 Å². The number of rotatable bonds is 3. The summed E-state index contributed by atoms with van der Waals surface area (Å²) in [4.78, 5) is 12.3. The van der Waals surface area contributed by atoms with Gasteiger partial charge in [0.15, 0.2) is 0 Å². The molecule has 2 atom stereocenters. The average Bonchev–Trinajstić information content (AvgIpc) is 2.43. The molecule has 0 amide bonds. The molecule has 0 bridgehead atoms. The van der Waals surface area contributed by atoms with E-state index in [2.05, 4.69) is 0 Å². The van der Waals surface area contributed by atoms with Crippen LogP contribution in [0.25, 0.3) is 0 Å². The van der Waals surface area contributed by atoms with Gasteiger partial charge in [-0.2, -0.15) is 0 Å². The largest absolute Gasteiger partial charge is 0.459 e. The molecule has 0 radical (unpaired) electrons. The van der Waals surface area contributed by atoms with Crippen molar-refractivity contribution in [1.29, 1.82) is 0 Å². The van der Waals surface area contributed by atoms with Crippen LogP contribution in [0.3, 0.4) is 0 Å². The molecule has 0 aliphatic heterocycles. The molecule has 1 fully saturated rings. The van der Waals surface area contributed by atoms with Gasteiger partial charge in [-0.15, -0.1) is 0 Å². The van der Waals surface area contributed by atoms with Gasteiger partial charge in [0.2, 0.25) is 0 Å². The minimum absolute atomic E-state index is 0.0527. The number of esters is 1. The second-order valence-corrected chi connectivity index (χ2v) is 5.58. The fraction of sp³-hybridized carbons (Fsp3) is 0.562. The van der Waals surface area contributed by atoms with E-state index < -0.39 is 0 Å². The van der Waals surface area contributed by atoms with E-state index in [0.29, 0.717) is 11.3 Å². The monoisotopic (exact) mass is 277 g/mol. The van der Waals surface area contributed by atoms with E-state index in [1.807, 2.05) is 19.9 Å². The van der Waals surface area contributed by atoms with Gasteiger partial charge in [0, 0.05) is 19.2 Å². The first-order valence-corrected chi connectivity index (χ1v) is 7.11. The molecule has 1 aliphatic rings.